The molecule has 0 fully saturated rings. The maximum absolute atomic E-state index is 12.1. The van der Waals surface area contributed by atoms with Gasteiger partial charge in [0.1, 0.15) is 5.75 Å². The Morgan fingerprint density at radius 3 is 2.94 bits per heavy atom. The fourth-order valence-electron chi connectivity index (χ4n) is 1.52. The summed E-state index contributed by atoms with van der Waals surface area (Å²) in [5.41, 5.74) is 0.120. The highest BCUT2D eigenvalue weighted by molar-refractivity contribution is 7.99. The van der Waals surface area contributed by atoms with Crippen LogP contribution >= 0.6 is 11.8 Å². The number of thioether (sulfide) groups is 1. The number of rotatable bonds is 6. The molecule has 1 unspecified atom stereocenters. The number of aromatic nitrogens is 1. The van der Waals surface area contributed by atoms with Crippen molar-refractivity contribution >= 4 is 17.7 Å². The molecule has 1 aromatic heterocycles. The van der Waals surface area contributed by atoms with Crippen molar-refractivity contribution in [3.63, 3.8) is 0 Å². The zero-order valence-corrected chi connectivity index (χ0v) is 11.9. The molecule has 4 nitrogen and oxygen atoms in total. The Kier molecular flexibility index (Phi) is 5.98. The van der Waals surface area contributed by atoms with Gasteiger partial charge in [-0.25, -0.2) is 4.98 Å². The summed E-state index contributed by atoms with van der Waals surface area (Å²) in [6, 6.07) is 3.22. The van der Waals surface area contributed by atoms with Crippen molar-refractivity contribution < 1.29 is 9.90 Å². The largest absolute Gasteiger partial charge is 0.505 e. The van der Waals surface area contributed by atoms with Crippen molar-refractivity contribution in [2.75, 3.05) is 18.6 Å². The fourth-order valence-corrected chi connectivity index (χ4v) is 2.32. The number of pyridine rings is 1. The van der Waals surface area contributed by atoms with E-state index in [1.54, 1.807) is 18.0 Å². The number of carbonyl (C=O) groups is 1. The van der Waals surface area contributed by atoms with Gasteiger partial charge >= 0.3 is 0 Å². The predicted molar refractivity (Wildman–Crippen MR) is 75.1 cm³/mol. The van der Waals surface area contributed by atoms with Crippen LogP contribution in [-0.2, 0) is 0 Å². The maximum atomic E-state index is 12.1. The molecule has 18 heavy (non-hydrogen) atoms. The van der Waals surface area contributed by atoms with Crippen LogP contribution in [0, 0.1) is 0 Å². The van der Waals surface area contributed by atoms with Crippen LogP contribution in [0.5, 0.6) is 5.75 Å². The first-order valence-electron chi connectivity index (χ1n) is 6.06. The minimum Gasteiger partial charge on any atom is -0.505 e. The molecule has 0 aromatic carbocycles. The standard InChI is InChI=1S/C13H20N2O2S/c1-4-18-9-7-10(2)15(3)13(17)12-11(16)6-5-8-14-12/h5-6,8,10,16H,4,7,9H2,1-3H3. The number of hydrogen-bond donors (Lipinski definition) is 1. The lowest BCUT2D eigenvalue weighted by molar-refractivity contribution is 0.0732. The van der Waals surface area contributed by atoms with E-state index in [0.29, 0.717) is 0 Å². The lowest BCUT2D eigenvalue weighted by Gasteiger charge is -2.24. The van der Waals surface area contributed by atoms with Crippen LogP contribution in [0.3, 0.4) is 0 Å². The van der Waals surface area contributed by atoms with E-state index in [4.69, 9.17) is 0 Å². The van der Waals surface area contributed by atoms with Gasteiger partial charge in [0.15, 0.2) is 5.69 Å². The molecular formula is C13H20N2O2S. The quantitative estimate of drug-likeness (QED) is 0.805. The van der Waals surface area contributed by atoms with Crippen LogP contribution < -0.4 is 0 Å². The average molecular weight is 268 g/mol. The minimum atomic E-state index is -0.234. The Balaban J connectivity index is 2.63. The monoisotopic (exact) mass is 268 g/mol. The molecule has 0 aliphatic carbocycles. The van der Waals surface area contributed by atoms with Crippen molar-refractivity contribution in [2.45, 2.75) is 26.3 Å². The molecule has 100 valence electrons. The second kappa shape index (κ2) is 7.26. The number of carbonyl (C=O) groups excluding carboxylic acids is 1. The van der Waals surface area contributed by atoms with E-state index >= 15 is 0 Å². The van der Waals surface area contributed by atoms with Gasteiger partial charge in [-0.1, -0.05) is 6.92 Å². The van der Waals surface area contributed by atoms with E-state index < -0.39 is 0 Å². The molecule has 1 atom stereocenters. The topological polar surface area (TPSA) is 53.4 Å². The van der Waals surface area contributed by atoms with Crippen molar-refractivity contribution in [1.29, 1.82) is 0 Å². The highest BCUT2D eigenvalue weighted by atomic mass is 32.2. The SMILES string of the molecule is CCSCCC(C)N(C)C(=O)c1ncccc1O. The summed E-state index contributed by atoms with van der Waals surface area (Å²) in [6.45, 7) is 4.13. The molecule has 0 aliphatic heterocycles. The Morgan fingerprint density at radius 2 is 2.33 bits per heavy atom. The lowest BCUT2D eigenvalue weighted by Crippen LogP contribution is -2.36. The Labute approximate surface area is 112 Å². The van der Waals surface area contributed by atoms with Crippen LogP contribution in [-0.4, -0.2) is 45.5 Å². The van der Waals surface area contributed by atoms with Gasteiger partial charge in [0, 0.05) is 19.3 Å². The molecule has 0 spiro atoms. The Bertz CT molecular complexity index is 398. The van der Waals surface area contributed by atoms with Crippen molar-refractivity contribution in [3.05, 3.63) is 24.0 Å². The minimum absolute atomic E-state index is 0.0653. The molecule has 0 saturated carbocycles. The van der Waals surface area contributed by atoms with E-state index in [1.807, 2.05) is 18.7 Å². The summed E-state index contributed by atoms with van der Waals surface area (Å²) in [6.07, 6.45) is 2.45. The van der Waals surface area contributed by atoms with Gasteiger partial charge in [0.25, 0.3) is 5.91 Å². The Hall–Kier alpha value is -1.23. The zero-order valence-electron chi connectivity index (χ0n) is 11.1. The van der Waals surface area contributed by atoms with Gasteiger partial charge in [-0.2, -0.15) is 11.8 Å². The molecule has 1 amide bonds. The van der Waals surface area contributed by atoms with Gasteiger partial charge in [0.2, 0.25) is 0 Å². The highest BCUT2D eigenvalue weighted by Gasteiger charge is 2.20. The molecule has 0 bridgehead atoms. The third-order valence-corrected chi connectivity index (χ3v) is 3.79. The average Bonchev–Trinajstić information content (AvgIpc) is 2.38. The maximum Gasteiger partial charge on any atom is 0.276 e. The lowest BCUT2D eigenvalue weighted by atomic mass is 10.2. The number of nitrogens with zero attached hydrogens (tertiary/aromatic N) is 2. The molecule has 1 N–H and O–H groups in total. The molecule has 1 heterocycles. The molecule has 0 radical (unpaired) electrons. The van der Waals surface area contributed by atoms with Gasteiger partial charge in [-0.05, 0) is 37.0 Å². The van der Waals surface area contributed by atoms with Gasteiger partial charge in [0.05, 0.1) is 0 Å². The van der Waals surface area contributed by atoms with Crippen molar-refractivity contribution in [1.82, 2.24) is 9.88 Å². The van der Waals surface area contributed by atoms with E-state index in [-0.39, 0.29) is 23.4 Å². The highest BCUT2D eigenvalue weighted by Crippen LogP contribution is 2.17. The molecule has 5 heteroatoms. The number of amides is 1. The smallest absolute Gasteiger partial charge is 0.276 e. The van der Waals surface area contributed by atoms with E-state index in [0.717, 1.165) is 17.9 Å². The normalized spacial score (nSPS) is 12.2. The summed E-state index contributed by atoms with van der Waals surface area (Å²) in [7, 11) is 1.75. The third-order valence-electron chi connectivity index (χ3n) is 2.85. The first-order chi connectivity index (χ1) is 8.57. The van der Waals surface area contributed by atoms with Crippen LogP contribution in [0.1, 0.15) is 30.8 Å². The molecule has 1 aromatic rings. The first-order valence-corrected chi connectivity index (χ1v) is 7.22. The number of hydrogen-bond acceptors (Lipinski definition) is 4. The van der Waals surface area contributed by atoms with Crippen LogP contribution in [0.2, 0.25) is 0 Å². The summed E-state index contributed by atoms with van der Waals surface area (Å²) < 4.78 is 0. The molecular weight excluding hydrogens is 248 g/mol. The molecule has 0 aliphatic rings. The third kappa shape index (κ3) is 3.91. The summed E-state index contributed by atoms with van der Waals surface area (Å²) in [4.78, 5) is 17.7. The first kappa shape index (κ1) is 14.8. The van der Waals surface area contributed by atoms with Gasteiger partial charge in [-0.15, -0.1) is 0 Å². The number of aromatic hydroxyl groups is 1. The van der Waals surface area contributed by atoms with E-state index in [1.165, 1.54) is 12.3 Å². The van der Waals surface area contributed by atoms with E-state index in [9.17, 15) is 9.90 Å². The predicted octanol–water partition coefficient (Wildman–Crippen LogP) is 2.39. The van der Waals surface area contributed by atoms with Crippen LogP contribution in [0.25, 0.3) is 0 Å². The summed E-state index contributed by atoms with van der Waals surface area (Å²) in [5, 5.41) is 9.61. The zero-order chi connectivity index (χ0) is 13.5. The second-order valence-corrected chi connectivity index (χ2v) is 5.52. The van der Waals surface area contributed by atoms with Gasteiger partial charge < -0.3 is 10.0 Å². The van der Waals surface area contributed by atoms with Crippen LogP contribution in [0.15, 0.2) is 18.3 Å². The van der Waals surface area contributed by atoms with Crippen molar-refractivity contribution in [3.8, 4) is 5.75 Å². The Morgan fingerprint density at radius 1 is 1.61 bits per heavy atom. The summed E-state index contributed by atoms with van der Waals surface area (Å²) in [5.74, 6) is 1.82. The fraction of sp³-hybridized carbons (Fsp3) is 0.538. The van der Waals surface area contributed by atoms with Gasteiger partial charge in [-0.3, -0.25) is 4.79 Å². The van der Waals surface area contributed by atoms with Crippen LogP contribution in [0.4, 0.5) is 0 Å². The molecule has 0 saturated heterocycles. The van der Waals surface area contributed by atoms with E-state index in [2.05, 4.69) is 11.9 Å². The van der Waals surface area contributed by atoms with Crippen molar-refractivity contribution in [2.24, 2.45) is 0 Å². The molecule has 1 rings (SSSR count). The summed E-state index contributed by atoms with van der Waals surface area (Å²) >= 11 is 1.86. The second-order valence-electron chi connectivity index (χ2n) is 4.12.